The Morgan fingerprint density at radius 2 is 1.69 bits per heavy atom. The molecule has 0 aliphatic carbocycles. The van der Waals surface area contributed by atoms with Crippen LogP contribution in [-0.2, 0) is 4.79 Å². The van der Waals surface area contributed by atoms with Crippen molar-refractivity contribution in [1.82, 2.24) is 4.90 Å². The van der Waals surface area contributed by atoms with E-state index in [4.69, 9.17) is 0 Å². The summed E-state index contributed by atoms with van der Waals surface area (Å²) in [4.78, 5) is 15.3. The fraction of sp³-hybridized carbons (Fsp3) is 0.375. The van der Waals surface area contributed by atoms with Gasteiger partial charge in [0.05, 0.1) is 6.04 Å². The van der Waals surface area contributed by atoms with Crippen molar-refractivity contribution < 1.29 is 4.79 Å². The number of carbonyl (C=O) groups is 1. The van der Waals surface area contributed by atoms with Gasteiger partial charge < -0.3 is 4.90 Å². The molecule has 1 amide bonds. The highest BCUT2D eigenvalue weighted by Crippen LogP contribution is 2.41. The van der Waals surface area contributed by atoms with Gasteiger partial charge in [0.2, 0.25) is 5.91 Å². The molecule has 1 aliphatic heterocycles. The highest BCUT2D eigenvalue weighted by atomic mass is 16.2. The van der Waals surface area contributed by atoms with E-state index < -0.39 is 0 Å². The Hall–Kier alpha value is -2.35. The molecule has 2 nitrogen and oxygen atoms in total. The van der Waals surface area contributed by atoms with Gasteiger partial charge in [-0.05, 0) is 28.5 Å². The predicted octanol–water partition coefficient (Wildman–Crippen LogP) is 5.71. The second-order valence-corrected chi connectivity index (χ2v) is 8.42. The van der Waals surface area contributed by atoms with Gasteiger partial charge in [-0.2, -0.15) is 0 Å². The predicted molar refractivity (Wildman–Crippen MR) is 108 cm³/mol. The quantitative estimate of drug-likeness (QED) is 0.648. The van der Waals surface area contributed by atoms with Crippen molar-refractivity contribution in [2.45, 2.75) is 45.6 Å². The van der Waals surface area contributed by atoms with Crippen LogP contribution >= 0.6 is 0 Å². The van der Waals surface area contributed by atoms with Crippen LogP contribution in [0.25, 0.3) is 0 Å². The van der Waals surface area contributed by atoms with Gasteiger partial charge in [0.25, 0.3) is 0 Å². The van der Waals surface area contributed by atoms with Gasteiger partial charge in [0.1, 0.15) is 0 Å². The van der Waals surface area contributed by atoms with Gasteiger partial charge in [0.15, 0.2) is 0 Å². The summed E-state index contributed by atoms with van der Waals surface area (Å²) >= 11 is 0. The van der Waals surface area contributed by atoms with E-state index >= 15 is 0 Å². The molecule has 1 aliphatic rings. The molecule has 2 atom stereocenters. The van der Waals surface area contributed by atoms with Gasteiger partial charge in [-0.15, -0.1) is 6.58 Å². The zero-order valence-electron chi connectivity index (χ0n) is 16.1. The van der Waals surface area contributed by atoms with Crippen molar-refractivity contribution in [3.05, 3.63) is 83.9 Å². The molecular weight excluding hydrogens is 318 g/mol. The number of hydrogen-bond donors (Lipinski definition) is 0. The molecule has 0 unspecified atom stereocenters. The minimum atomic E-state index is -0.0188. The number of fused-ring (bicyclic) bond motifs is 1. The Bertz CT molecular complexity index is 772. The summed E-state index contributed by atoms with van der Waals surface area (Å²) in [6.07, 6.45) is 3.28. The summed E-state index contributed by atoms with van der Waals surface area (Å²) in [5.41, 5.74) is 3.85. The molecular formula is C24H29NO. The van der Waals surface area contributed by atoms with Gasteiger partial charge in [-0.3, -0.25) is 4.79 Å². The summed E-state index contributed by atoms with van der Waals surface area (Å²) in [5.74, 6) is 0.456. The third-order valence-electron chi connectivity index (χ3n) is 5.08. The smallest absolute Gasteiger partial charge is 0.223 e. The maximum atomic E-state index is 13.2. The largest absolute Gasteiger partial charge is 0.334 e. The second kappa shape index (κ2) is 7.49. The van der Waals surface area contributed by atoms with Gasteiger partial charge >= 0.3 is 0 Å². The van der Waals surface area contributed by atoms with Crippen molar-refractivity contribution in [1.29, 1.82) is 0 Å². The molecule has 0 aromatic heterocycles. The van der Waals surface area contributed by atoms with Crippen LogP contribution in [-0.4, -0.2) is 17.4 Å². The Balaban J connectivity index is 2.05. The number of hydrogen-bond acceptors (Lipinski definition) is 1. The molecule has 2 aromatic carbocycles. The van der Waals surface area contributed by atoms with Crippen LogP contribution in [0, 0.1) is 5.41 Å². The van der Waals surface area contributed by atoms with E-state index in [1.807, 2.05) is 12.1 Å². The third-order valence-corrected chi connectivity index (χ3v) is 5.08. The number of carbonyl (C=O) groups excluding carboxylic acids is 1. The summed E-state index contributed by atoms with van der Waals surface area (Å²) in [7, 11) is 0. The first-order valence-electron chi connectivity index (χ1n) is 9.45. The van der Waals surface area contributed by atoms with Crippen LogP contribution < -0.4 is 0 Å². The second-order valence-electron chi connectivity index (χ2n) is 8.42. The Kier molecular flexibility index (Phi) is 5.31. The summed E-state index contributed by atoms with van der Waals surface area (Å²) in [6, 6.07) is 19.2. The van der Waals surface area contributed by atoms with Crippen LogP contribution in [0.2, 0.25) is 0 Å². The maximum Gasteiger partial charge on any atom is 0.223 e. The highest BCUT2D eigenvalue weighted by Gasteiger charge is 2.36. The molecule has 0 radical (unpaired) electrons. The molecule has 2 heteroatoms. The molecule has 0 N–H and O–H groups in total. The van der Waals surface area contributed by atoms with Crippen molar-refractivity contribution >= 4 is 5.91 Å². The van der Waals surface area contributed by atoms with Crippen LogP contribution in [0.5, 0.6) is 0 Å². The van der Waals surface area contributed by atoms with Crippen LogP contribution in [0.3, 0.4) is 0 Å². The average Bonchev–Trinajstić information content (AvgIpc) is 2.61. The Morgan fingerprint density at radius 1 is 1.08 bits per heavy atom. The van der Waals surface area contributed by atoms with Gasteiger partial charge in [-0.25, -0.2) is 0 Å². The fourth-order valence-corrected chi connectivity index (χ4v) is 3.94. The van der Waals surface area contributed by atoms with E-state index in [0.717, 1.165) is 13.0 Å². The lowest BCUT2D eigenvalue weighted by atomic mass is 9.80. The van der Waals surface area contributed by atoms with E-state index in [9.17, 15) is 4.79 Å². The normalized spacial score (nSPS) is 19.7. The summed E-state index contributed by atoms with van der Waals surface area (Å²) in [6.45, 7) is 11.0. The monoisotopic (exact) mass is 347 g/mol. The molecule has 0 saturated heterocycles. The first kappa shape index (κ1) is 18.4. The molecule has 0 bridgehead atoms. The van der Waals surface area contributed by atoms with Crippen molar-refractivity contribution in [3.63, 3.8) is 0 Å². The molecule has 0 saturated carbocycles. The number of nitrogens with zero attached hydrogens (tertiary/aromatic N) is 1. The van der Waals surface area contributed by atoms with Gasteiger partial charge in [0, 0.05) is 18.9 Å². The topological polar surface area (TPSA) is 20.3 Å². The molecule has 0 spiro atoms. The summed E-state index contributed by atoms with van der Waals surface area (Å²) < 4.78 is 0. The number of rotatable bonds is 4. The lowest BCUT2D eigenvalue weighted by molar-refractivity contribution is -0.136. The lowest BCUT2D eigenvalue weighted by Gasteiger charge is -2.42. The zero-order valence-corrected chi connectivity index (χ0v) is 16.1. The first-order valence-corrected chi connectivity index (χ1v) is 9.45. The van der Waals surface area contributed by atoms with E-state index in [1.165, 1.54) is 16.7 Å². The van der Waals surface area contributed by atoms with Gasteiger partial charge in [-0.1, -0.05) is 81.4 Å². The van der Waals surface area contributed by atoms with E-state index in [1.54, 1.807) is 0 Å². The molecule has 1 heterocycles. The van der Waals surface area contributed by atoms with Crippen molar-refractivity contribution in [3.8, 4) is 0 Å². The van der Waals surface area contributed by atoms with Crippen LogP contribution in [0.4, 0.5) is 0 Å². The van der Waals surface area contributed by atoms with Crippen LogP contribution in [0.15, 0.2) is 67.3 Å². The van der Waals surface area contributed by atoms with Crippen molar-refractivity contribution in [2.75, 3.05) is 6.54 Å². The number of amides is 1. The molecule has 3 rings (SSSR count). The van der Waals surface area contributed by atoms with E-state index in [2.05, 4.69) is 80.8 Å². The molecule has 0 fully saturated rings. The lowest BCUT2D eigenvalue weighted by Crippen LogP contribution is -2.43. The standard InChI is InChI=1S/C24H29NO/c1-5-11-22-20-15-10-9-14-19(20)21(18-12-7-6-8-13-18)17-25(22)23(26)16-24(2,3)4/h5-10,12-15,21-22H,1,11,16-17H2,2-4H3/t21-,22-/m0/s1. The fourth-order valence-electron chi connectivity index (χ4n) is 3.94. The maximum absolute atomic E-state index is 13.2. The van der Waals surface area contributed by atoms with E-state index in [0.29, 0.717) is 6.42 Å². The number of benzene rings is 2. The molecule has 2 aromatic rings. The first-order chi connectivity index (χ1) is 12.4. The van der Waals surface area contributed by atoms with Crippen molar-refractivity contribution in [2.24, 2.45) is 5.41 Å². The SMILES string of the molecule is C=CC[C@H]1c2ccccc2[C@H](c2ccccc2)CN1C(=O)CC(C)(C)C. The molecule has 136 valence electrons. The highest BCUT2D eigenvalue weighted by molar-refractivity contribution is 5.78. The van der Waals surface area contributed by atoms with Crippen LogP contribution in [0.1, 0.15) is 62.3 Å². The van der Waals surface area contributed by atoms with E-state index in [-0.39, 0.29) is 23.3 Å². The minimum Gasteiger partial charge on any atom is -0.334 e. The third kappa shape index (κ3) is 3.90. The summed E-state index contributed by atoms with van der Waals surface area (Å²) in [5, 5.41) is 0. The molecule has 26 heavy (non-hydrogen) atoms. The minimum absolute atomic E-state index is 0.0188. The zero-order chi connectivity index (χ0) is 18.7. The Labute approximate surface area is 157 Å². The Morgan fingerprint density at radius 3 is 2.31 bits per heavy atom. The average molecular weight is 348 g/mol.